The van der Waals surface area contributed by atoms with Gasteiger partial charge < -0.3 is 14.4 Å². The van der Waals surface area contributed by atoms with Crippen LogP contribution in [0, 0.1) is 0 Å². The standard InChI is InChI=1S/C19H30N4O3/c24-19(21-8-1-2-9-21)15-26-12-6-18-14-22(16-4-10-25-11-5-16)13-17-3-7-20-23(17)18/h3,7,16,18H,1-2,4-6,8-15H2/t18-/m1/s1. The molecule has 1 aromatic heterocycles. The molecule has 7 heteroatoms. The van der Waals surface area contributed by atoms with Crippen LogP contribution in [0.1, 0.15) is 43.8 Å². The lowest BCUT2D eigenvalue weighted by atomic mass is 10.0. The summed E-state index contributed by atoms with van der Waals surface area (Å²) in [5, 5.41) is 4.53. The third kappa shape index (κ3) is 4.10. The summed E-state index contributed by atoms with van der Waals surface area (Å²) >= 11 is 0. The van der Waals surface area contributed by atoms with Crippen molar-refractivity contribution < 1.29 is 14.3 Å². The Kier molecular flexibility index (Phi) is 5.87. The molecule has 1 aromatic rings. The van der Waals surface area contributed by atoms with Gasteiger partial charge in [-0.15, -0.1) is 0 Å². The minimum Gasteiger partial charge on any atom is -0.381 e. The molecule has 2 fully saturated rings. The number of hydrogen-bond donors (Lipinski definition) is 0. The molecule has 2 saturated heterocycles. The fourth-order valence-corrected chi connectivity index (χ4v) is 4.40. The Labute approximate surface area is 155 Å². The molecule has 0 aromatic carbocycles. The quantitative estimate of drug-likeness (QED) is 0.717. The fourth-order valence-electron chi connectivity index (χ4n) is 4.40. The van der Waals surface area contributed by atoms with E-state index in [2.05, 4.69) is 20.7 Å². The van der Waals surface area contributed by atoms with Crippen molar-refractivity contribution in [2.45, 2.75) is 50.7 Å². The van der Waals surface area contributed by atoms with Gasteiger partial charge in [0.2, 0.25) is 5.91 Å². The van der Waals surface area contributed by atoms with Crippen molar-refractivity contribution in [3.05, 3.63) is 18.0 Å². The highest BCUT2D eigenvalue weighted by atomic mass is 16.5. The van der Waals surface area contributed by atoms with Gasteiger partial charge in [0, 0.05) is 58.2 Å². The van der Waals surface area contributed by atoms with E-state index < -0.39 is 0 Å². The summed E-state index contributed by atoms with van der Waals surface area (Å²) in [4.78, 5) is 16.6. The Morgan fingerprint density at radius 2 is 2.08 bits per heavy atom. The van der Waals surface area contributed by atoms with Crippen molar-refractivity contribution in [2.75, 3.05) is 46.1 Å². The molecule has 0 spiro atoms. The number of aromatic nitrogens is 2. The maximum Gasteiger partial charge on any atom is 0.248 e. The van der Waals surface area contributed by atoms with Crippen molar-refractivity contribution in [3.63, 3.8) is 0 Å². The van der Waals surface area contributed by atoms with Gasteiger partial charge in [0.1, 0.15) is 6.61 Å². The van der Waals surface area contributed by atoms with Crippen molar-refractivity contribution >= 4 is 5.91 Å². The molecule has 7 nitrogen and oxygen atoms in total. The minimum absolute atomic E-state index is 0.134. The molecule has 1 atom stereocenters. The molecule has 3 aliphatic rings. The zero-order chi connectivity index (χ0) is 17.8. The maximum atomic E-state index is 12.1. The first-order valence-electron chi connectivity index (χ1n) is 10.0. The van der Waals surface area contributed by atoms with E-state index in [9.17, 15) is 4.79 Å². The average molecular weight is 362 g/mol. The van der Waals surface area contributed by atoms with E-state index in [1.165, 1.54) is 5.69 Å². The van der Waals surface area contributed by atoms with Crippen LogP contribution in [0.3, 0.4) is 0 Å². The highest BCUT2D eigenvalue weighted by molar-refractivity contribution is 5.77. The second-order valence-corrected chi connectivity index (χ2v) is 7.62. The van der Waals surface area contributed by atoms with Crippen LogP contribution in [0.25, 0.3) is 0 Å². The Morgan fingerprint density at radius 1 is 1.27 bits per heavy atom. The van der Waals surface area contributed by atoms with E-state index in [0.29, 0.717) is 18.7 Å². The van der Waals surface area contributed by atoms with Gasteiger partial charge in [-0.1, -0.05) is 0 Å². The summed E-state index contributed by atoms with van der Waals surface area (Å²) in [5.41, 5.74) is 1.28. The smallest absolute Gasteiger partial charge is 0.248 e. The predicted molar refractivity (Wildman–Crippen MR) is 96.8 cm³/mol. The van der Waals surface area contributed by atoms with Crippen LogP contribution in [0.5, 0.6) is 0 Å². The summed E-state index contributed by atoms with van der Waals surface area (Å²) in [5.74, 6) is 0.134. The van der Waals surface area contributed by atoms with Crippen LogP contribution in [0.2, 0.25) is 0 Å². The number of rotatable bonds is 6. The van der Waals surface area contributed by atoms with Crippen molar-refractivity contribution in [3.8, 4) is 0 Å². The zero-order valence-electron chi connectivity index (χ0n) is 15.5. The van der Waals surface area contributed by atoms with E-state index >= 15 is 0 Å². The number of amides is 1. The monoisotopic (exact) mass is 362 g/mol. The third-order valence-electron chi connectivity index (χ3n) is 5.90. The molecular formula is C19H30N4O3. The number of carbonyl (C=O) groups is 1. The van der Waals surface area contributed by atoms with Crippen LogP contribution in [0.4, 0.5) is 0 Å². The lowest BCUT2D eigenvalue weighted by molar-refractivity contribution is -0.135. The van der Waals surface area contributed by atoms with E-state index in [1.54, 1.807) is 0 Å². The van der Waals surface area contributed by atoms with Gasteiger partial charge in [0.25, 0.3) is 0 Å². The topological polar surface area (TPSA) is 59.8 Å². The molecule has 4 heterocycles. The van der Waals surface area contributed by atoms with Crippen molar-refractivity contribution in [2.24, 2.45) is 0 Å². The van der Waals surface area contributed by atoms with Crippen molar-refractivity contribution in [1.29, 1.82) is 0 Å². The van der Waals surface area contributed by atoms with Gasteiger partial charge in [-0.05, 0) is 38.2 Å². The predicted octanol–water partition coefficient (Wildman–Crippen LogP) is 1.45. The molecule has 0 bridgehead atoms. The normalized spacial score (nSPS) is 24.8. The van der Waals surface area contributed by atoms with Gasteiger partial charge in [-0.2, -0.15) is 5.10 Å². The molecular weight excluding hydrogens is 332 g/mol. The molecule has 3 aliphatic heterocycles. The molecule has 4 rings (SSSR count). The lowest BCUT2D eigenvalue weighted by Crippen LogP contribution is -2.46. The van der Waals surface area contributed by atoms with Gasteiger partial charge in [0.05, 0.1) is 11.7 Å². The number of nitrogens with zero attached hydrogens (tertiary/aromatic N) is 4. The van der Waals surface area contributed by atoms with Crippen LogP contribution in [0.15, 0.2) is 12.3 Å². The maximum absolute atomic E-state index is 12.1. The first-order chi connectivity index (χ1) is 12.8. The molecule has 144 valence electrons. The fraction of sp³-hybridized carbons (Fsp3) is 0.789. The average Bonchev–Trinajstić information content (AvgIpc) is 3.37. The Balaban J connectivity index is 1.28. The number of fused-ring (bicyclic) bond motifs is 1. The van der Waals surface area contributed by atoms with Crippen LogP contribution < -0.4 is 0 Å². The minimum atomic E-state index is 0.134. The lowest BCUT2D eigenvalue weighted by Gasteiger charge is -2.40. The molecule has 0 N–H and O–H groups in total. The molecule has 0 aliphatic carbocycles. The Bertz CT molecular complexity index is 593. The van der Waals surface area contributed by atoms with Gasteiger partial charge in [0.15, 0.2) is 0 Å². The number of ether oxygens (including phenoxy) is 2. The van der Waals surface area contributed by atoms with E-state index in [4.69, 9.17) is 9.47 Å². The highest BCUT2D eigenvalue weighted by Crippen LogP contribution is 2.27. The Morgan fingerprint density at radius 3 is 2.88 bits per heavy atom. The number of likely N-dealkylation sites (tertiary alicyclic amines) is 1. The van der Waals surface area contributed by atoms with E-state index in [0.717, 1.165) is 71.5 Å². The first kappa shape index (κ1) is 17.9. The van der Waals surface area contributed by atoms with Crippen LogP contribution >= 0.6 is 0 Å². The van der Waals surface area contributed by atoms with Crippen molar-refractivity contribution in [1.82, 2.24) is 19.6 Å². The largest absolute Gasteiger partial charge is 0.381 e. The van der Waals surface area contributed by atoms with Crippen LogP contribution in [-0.4, -0.2) is 77.6 Å². The van der Waals surface area contributed by atoms with E-state index in [-0.39, 0.29) is 12.5 Å². The van der Waals surface area contributed by atoms with Gasteiger partial charge in [-0.3, -0.25) is 14.4 Å². The van der Waals surface area contributed by atoms with Gasteiger partial charge >= 0.3 is 0 Å². The second kappa shape index (κ2) is 8.50. The summed E-state index contributed by atoms with van der Waals surface area (Å²) in [7, 11) is 0. The number of hydrogen-bond acceptors (Lipinski definition) is 5. The summed E-state index contributed by atoms with van der Waals surface area (Å²) < 4.78 is 13.4. The SMILES string of the molecule is O=C(COCC[C@@H]1CN(C2CCOCC2)Cc2ccnn21)N1CCCC1. The summed E-state index contributed by atoms with van der Waals surface area (Å²) in [6.07, 6.45) is 7.26. The zero-order valence-corrected chi connectivity index (χ0v) is 15.5. The molecule has 0 saturated carbocycles. The first-order valence-corrected chi connectivity index (χ1v) is 10.0. The molecule has 1 amide bonds. The molecule has 26 heavy (non-hydrogen) atoms. The van der Waals surface area contributed by atoms with Gasteiger partial charge in [-0.25, -0.2) is 0 Å². The number of carbonyl (C=O) groups excluding carboxylic acids is 1. The molecule has 0 radical (unpaired) electrons. The van der Waals surface area contributed by atoms with Crippen LogP contribution in [-0.2, 0) is 20.8 Å². The second-order valence-electron chi connectivity index (χ2n) is 7.62. The van der Waals surface area contributed by atoms with E-state index in [1.807, 2.05) is 11.1 Å². The summed E-state index contributed by atoms with van der Waals surface area (Å²) in [6, 6.07) is 3.04. The highest BCUT2D eigenvalue weighted by Gasteiger charge is 2.30. The third-order valence-corrected chi connectivity index (χ3v) is 5.90. The molecule has 0 unspecified atom stereocenters. The Hall–Kier alpha value is -1.44. The summed E-state index contributed by atoms with van der Waals surface area (Å²) in [6.45, 7) is 6.30.